The average Bonchev–Trinajstić information content (AvgIpc) is 2.69. The average molecular weight is 276 g/mol. The van der Waals surface area contributed by atoms with Crippen molar-refractivity contribution in [1.82, 2.24) is 0 Å². The molecule has 0 amide bonds. The second-order valence-corrected chi connectivity index (χ2v) is 5.21. The molecule has 0 radical (unpaired) electrons. The Morgan fingerprint density at radius 3 is 2.72 bits per heavy atom. The minimum atomic E-state index is 0.651. The first-order chi connectivity index (χ1) is 8.65. The van der Waals surface area contributed by atoms with E-state index in [1.807, 2.05) is 24.3 Å². The standard InChI is InChI=1S/C15H11Cl2N/c16-10-4-5-13(15(17)7-10)12-3-1-2-9-6-11(18)8-14(9)12/h1-2,4-8H,3,18H2. The van der Waals surface area contributed by atoms with Crippen LogP contribution >= 0.6 is 23.2 Å². The Hall–Kier alpha value is -1.44. The van der Waals surface area contributed by atoms with Gasteiger partial charge in [-0.3, -0.25) is 0 Å². The first kappa shape index (κ1) is 11.6. The first-order valence-electron chi connectivity index (χ1n) is 5.69. The van der Waals surface area contributed by atoms with E-state index in [-0.39, 0.29) is 0 Å². The first-order valence-corrected chi connectivity index (χ1v) is 6.45. The fourth-order valence-corrected chi connectivity index (χ4v) is 2.87. The van der Waals surface area contributed by atoms with E-state index in [4.69, 9.17) is 28.9 Å². The summed E-state index contributed by atoms with van der Waals surface area (Å²) in [5, 5.41) is 1.33. The predicted molar refractivity (Wildman–Crippen MR) is 77.5 cm³/mol. The number of hydrogen-bond acceptors (Lipinski definition) is 1. The van der Waals surface area contributed by atoms with Gasteiger partial charge in [0.15, 0.2) is 0 Å². The summed E-state index contributed by atoms with van der Waals surface area (Å²) < 4.78 is 0. The lowest BCUT2D eigenvalue weighted by Gasteiger charge is -2.16. The van der Waals surface area contributed by atoms with Crippen LogP contribution in [-0.2, 0) is 0 Å². The molecule has 0 spiro atoms. The Kier molecular flexibility index (Phi) is 2.81. The molecule has 3 rings (SSSR count). The zero-order chi connectivity index (χ0) is 12.7. The number of halogens is 2. The normalized spacial score (nSPS) is 17.7. The summed E-state index contributed by atoms with van der Waals surface area (Å²) in [4.78, 5) is 0. The third kappa shape index (κ3) is 1.90. The molecule has 18 heavy (non-hydrogen) atoms. The van der Waals surface area contributed by atoms with E-state index in [0.29, 0.717) is 10.0 Å². The van der Waals surface area contributed by atoms with Crippen LogP contribution in [0.5, 0.6) is 0 Å². The van der Waals surface area contributed by atoms with Gasteiger partial charge < -0.3 is 5.73 Å². The summed E-state index contributed by atoms with van der Waals surface area (Å²) in [5.74, 6) is 0. The molecule has 0 fully saturated rings. The van der Waals surface area contributed by atoms with E-state index in [9.17, 15) is 0 Å². The van der Waals surface area contributed by atoms with Gasteiger partial charge in [0.1, 0.15) is 0 Å². The van der Waals surface area contributed by atoms with Gasteiger partial charge in [-0.05, 0) is 53.0 Å². The maximum atomic E-state index is 6.28. The highest BCUT2D eigenvalue weighted by molar-refractivity contribution is 6.35. The second-order valence-electron chi connectivity index (χ2n) is 4.37. The van der Waals surface area contributed by atoms with Crippen molar-refractivity contribution in [2.45, 2.75) is 6.42 Å². The quantitative estimate of drug-likeness (QED) is 0.803. The number of rotatable bonds is 1. The van der Waals surface area contributed by atoms with Crippen LogP contribution < -0.4 is 5.73 Å². The molecule has 0 saturated carbocycles. The Balaban J connectivity index is 2.17. The lowest BCUT2D eigenvalue weighted by Crippen LogP contribution is -1.95. The van der Waals surface area contributed by atoms with Gasteiger partial charge in [0.2, 0.25) is 0 Å². The number of fused-ring (bicyclic) bond motifs is 1. The second kappa shape index (κ2) is 4.34. The van der Waals surface area contributed by atoms with E-state index in [0.717, 1.165) is 23.3 Å². The monoisotopic (exact) mass is 275 g/mol. The Bertz CT molecular complexity index is 648. The van der Waals surface area contributed by atoms with Crippen LogP contribution in [0.25, 0.3) is 5.57 Å². The van der Waals surface area contributed by atoms with Crippen molar-refractivity contribution in [3.63, 3.8) is 0 Å². The van der Waals surface area contributed by atoms with Crippen molar-refractivity contribution < 1.29 is 0 Å². The summed E-state index contributed by atoms with van der Waals surface area (Å²) >= 11 is 12.2. The van der Waals surface area contributed by atoms with Crippen molar-refractivity contribution in [2.75, 3.05) is 0 Å². The molecule has 0 aliphatic heterocycles. The van der Waals surface area contributed by atoms with Gasteiger partial charge in [-0.1, -0.05) is 41.4 Å². The van der Waals surface area contributed by atoms with Crippen molar-refractivity contribution in [2.24, 2.45) is 5.73 Å². The topological polar surface area (TPSA) is 26.0 Å². The van der Waals surface area contributed by atoms with Crippen LogP contribution in [0.4, 0.5) is 0 Å². The van der Waals surface area contributed by atoms with Crippen molar-refractivity contribution in [3.05, 3.63) is 75.0 Å². The molecule has 0 bridgehead atoms. The third-order valence-corrected chi connectivity index (χ3v) is 3.69. The zero-order valence-electron chi connectivity index (χ0n) is 9.58. The van der Waals surface area contributed by atoms with Crippen LogP contribution in [0, 0.1) is 0 Å². The Labute approximate surface area is 116 Å². The molecule has 90 valence electrons. The van der Waals surface area contributed by atoms with Gasteiger partial charge in [-0.15, -0.1) is 0 Å². The van der Waals surface area contributed by atoms with Crippen LogP contribution in [0.3, 0.4) is 0 Å². The zero-order valence-corrected chi connectivity index (χ0v) is 11.1. The van der Waals surface area contributed by atoms with Gasteiger partial charge in [-0.25, -0.2) is 0 Å². The smallest absolute Gasteiger partial charge is 0.0496 e. The van der Waals surface area contributed by atoms with E-state index < -0.39 is 0 Å². The molecule has 2 N–H and O–H groups in total. The maximum absolute atomic E-state index is 6.28. The molecule has 0 aromatic heterocycles. The van der Waals surface area contributed by atoms with Gasteiger partial charge in [0.05, 0.1) is 0 Å². The van der Waals surface area contributed by atoms with E-state index >= 15 is 0 Å². The van der Waals surface area contributed by atoms with Crippen LogP contribution in [-0.4, -0.2) is 0 Å². The minimum Gasteiger partial charge on any atom is -0.399 e. The maximum Gasteiger partial charge on any atom is 0.0496 e. The fourth-order valence-electron chi connectivity index (χ4n) is 2.35. The summed E-state index contributed by atoms with van der Waals surface area (Å²) in [6.07, 6.45) is 9.06. The molecule has 0 heterocycles. The summed E-state index contributed by atoms with van der Waals surface area (Å²) in [7, 11) is 0. The highest BCUT2D eigenvalue weighted by atomic mass is 35.5. The van der Waals surface area contributed by atoms with Crippen LogP contribution in [0.2, 0.25) is 10.0 Å². The van der Waals surface area contributed by atoms with Gasteiger partial charge in [0.25, 0.3) is 0 Å². The largest absolute Gasteiger partial charge is 0.399 e. The van der Waals surface area contributed by atoms with Crippen LogP contribution in [0.1, 0.15) is 12.0 Å². The third-order valence-electron chi connectivity index (χ3n) is 3.14. The molecule has 3 heteroatoms. The number of benzene rings is 1. The molecule has 2 aliphatic carbocycles. The van der Waals surface area contributed by atoms with E-state index in [1.165, 1.54) is 11.1 Å². The Morgan fingerprint density at radius 1 is 1.11 bits per heavy atom. The SMILES string of the molecule is NC1=CC2=C(c3ccc(Cl)cc3Cl)CC=CC2=C1. The molecule has 1 nitrogen and oxygen atoms in total. The molecule has 0 atom stereocenters. The summed E-state index contributed by atoms with van der Waals surface area (Å²) in [6.45, 7) is 0. The molecule has 1 aromatic rings. The lowest BCUT2D eigenvalue weighted by molar-refractivity contribution is 1.31. The van der Waals surface area contributed by atoms with Crippen molar-refractivity contribution in [1.29, 1.82) is 0 Å². The van der Waals surface area contributed by atoms with Crippen LogP contribution in [0.15, 0.2) is 59.3 Å². The molecule has 0 saturated heterocycles. The Morgan fingerprint density at radius 2 is 1.94 bits per heavy atom. The van der Waals surface area contributed by atoms with Gasteiger partial charge >= 0.3 is 0 Å². The molecule has 1 aromatic carbocycles. The fraction of sp³-hybridized carbons (Fsp3) is 0.0667. The number of nitrogens with two attached hydrogens (primary N) is 1. The van der Waals surface area contributed by atoms with Crippen molar-refractivity contribution in [3.8, 4) is 0 Å². The van der Waals surface area contributed by atoms with Gasteiger partial charge in [0, 0.05) is 15.7 Å². The molecular formula is C15H11Cl2N. The number of hydrogen-bond donors (Lipinski definition) is 1. The van der Waals surface area contributed by atoms with Crippen molar-refractivity contribution >= 4 is 28.8 Å². The summed E-state index contributed by atoms with van der Waals surface area (Å²) in [6, 6.07) is 5.60. The minimum absolute atomic E-state index is 0.651. The predicted octanol–water partition coefficient (Wildman–Crippen LogP) is 4.49. The molecular weight excluding hydrogens is 265 g/mol. The highest BCUT2D eigenvalue weighted by Crippen LogP contribution is 2.39. The van der Waals surface area contributed by atoms with E-state index in [1.54, 1.807) is 6.07 Å². The summed E-state index contributed by atoms with van der Waals surface area (Å²) in [5.41, 5.74) is 11.2. The van der Waals surface area contributed by atoms with Gasteiger partial charge in [-0.2, -0.15) is 0 Å². The van der Waals surface area contributed by atoms with E-state index in [2.05, 4.69) is 12.2 Å². The lowest BCUT2D eigenvalue weighted by atomic mass is 9.90. The highest BCUT2D eigenvalue weighted by Gasteiger charge is 2.19. The number of allylic oxidation sites excluding steroid dienone is 7. The molecule has 0 unspecified atom stereocenters. The molecule has 2 aliphatic rings.